The van der Waals surface area contributed by atoms with Gasteiger partial charge in [-0.25, -0.2) is 4.99 Å². The van der Waals surface area contributed by atoms with Crippen LogP contribution in [-0.2, 0) is 13.0 Å². The SMILES string of the molecule is CCCCc1nn(CC)c2c1N=C(c1ccccc1)CNC2=S. The summed E-state index contributed by atoms with van der Waals surface area (Å²) in [5.74, 6) is 0. The van der Waals surface area contributed by atoms with Crippen LogP contribution in [-0.4, -0.2) is 27.0 Å². The highest BCUT2D eigenvalue weighted by Gasteiger charge is 2.23. The molecule has 0 amide bonds. The van der Waals surface area contributed by atoms with Crippen LogP contribution in [0, 0.1) is 0 Å². The standard InChI is InChI=1S/C18H22N4S/c1-3-5-11-14-16-17(22(4-2)21-14)18(23)19-12-15(20-16)13-9-7-6-8-10-13/h6-10H,3-5,11-12H2,1-2H3,(H,19,23). The summed E-state index contributed by atoms with van der Waals surface area (Å²) >= 11 is 5.58. The van der Waals surface area contributed by atoms with Gasteiger partial charge in [-0.2, -0.15) is 5.10 Å². The molecule has 1 N–H and O–H groups in total. The van der Waals surface area contributed by atoms with Gasteiger partial charge in [0.25, 0.3) is 0 Å². The maximum atomic E-state index is 5.58. The summed E-state index contributed by atoms with van der Waals surface area (Å²) in [6.07, 6.45) is 3.20. The lowest BCUT2D eigenvalue weighted by atomic mass is 10.1. The fraction of sp³-hybridized carbons (Fsp3) is 0.389. The quantitative estimate of drug-likeness (QED) is 0.853. The van der Waals surface area contributed by atoms with E-state index in [2.05, 4.69) is 31.3 Å². The van der Waals surface area contributed by atoms with Crippen LogP contribution in [0.15, 0.2) is 35.3 Å². The predicted molar refractivity (Wildman–Crippen MR) is 98.9 cm³/mol. The van der Waals surface area contributed by atoms with E-state index in [4.69, 9.17) is 22.3 Å². The minimum atomic E-state index is 0.647. The minimum absolute atomic E-state index is 0.647. The van der Waals surface area contributed by atoms with Crippen LogP contribution in [0.2, 0.25) is 0 Å². The van der Waals surface area contributed by atoms with E-state index < -0.39 is 0 Å². The Morgan fingerprint density at radius 3 is 2.70 bits per heavy atom. The zero-order valence-corrected chi connectivity index (χ0v) is 14.5. The summed E-state index contributed by atoms with van der Waals surface area (Å²) < 4.78 is 1.98. The molecule has 23 heavy (non-hydrogen) atoms. The largest absolute Gasteiger partial charge is 0.369 e. The lowest BCUT2D eigenvalue weighted by Gasteiger charge is -2.07. The lowest BCUT2D eigenvalue weighted by molar-refractivity contribution is 0.634. The van der Waals surface area contributed by atoms with Crippen LogP contribution in [0.4, 0.5) is 5.69 Å². The number of aliphatic imine (C=N–C) groups is 1. The Bertz CT molecular complexity index is 731. The van der Waals surface area contributed by atoms with Crippen molar-refractivity contribution in [2.45, 2.75) is 39.7 Å². The van der Waals surface area contributed by atoms with Gasteiger partial charge in [-0.1, -0.05) is 55.9 Å². The minimum Gasteiger partial charge on any atom is -0.369 e. The van der Waals surface area contributed by atoms with E-state index in [0.717, 1.165) is 59.1 Å². The van der Waals surface area contributed by atoms with Gasteiger partial charge in [0.2, 0.25) is 0 Å². The number of nitrogens with zero attached hydrogens (tertiary/aromatic N) is 3. The maximum Gasteiger partial charge on any atom is 0.127 e. The molecule has 0 aliphatic carbocycles. The third-order valence-corrected chi connectivity index (χ3v) is 4.39. The molecule has 4 nitrogen and oxygen atoms in total. The summed E-state index contributed by atoms with van der Waals surface area (Å²) in [5, 5.41) is 8.08. The number of fused-ring (bicyclic) bond motifs is 1. The molecular weight excluding hydrogens is 304 g/mol. The second kappa shape index (κ2) is 7.04. The van der Waals surface area contributed by atoms with E-state index in [1.807, 2.05) is 22.9 Å². The molecule has 0 fully saturated rings. The zero-order chi connectivity index (χ0) is 16.2. The molecule has 1 aliphatic rings. The van der Waals surface area contributed by atoms with Crippen LogP contribution < -0.4 is 5.32 Å². The monoisotopic (exact) mass is 326 g/mol. The van der Waals surface area contributed by atoms with Crippen LogP contribution in [0.5, 0.6) is 0 Å². The molecule has 0 saturated carbocycles. The fourth-order valence-corrected chi connectivity index (χ4v) is 3.08. The molecule has 0 spiro atoms. The van der Waals surface area contributed by atoms with Crippen molar-refractivity contribution in [1.29, 1.82) is 0 Å². The number of aryl methyl sites for hydroxylation is 2. The first kappa shape index (κ1) is 15.9. The Kier molecular flexibility index (Phi) is 4.86. The van der Waals surface area contributed by atoms with Crippen molar-refractivity contribution in [3.05, 3.63) is 47.3 Å². The van der Waals surface area contributed by atoms with Gasteiger partial charge >= 0.3 is 0 Å². The smallest absolute Gasteiger partial charge is 0.127 e. The van der Waals surface area contributed by atoms with Gasteiger partial charge in [-0.3, -0.25) is 4.68 Å². The van der Waals surface area contributed by atoms with Crippen LogP contribution in [0.3, 0.4) is 0 Å². The lowest BCUT2D eigenvalue weighted by Crippen LogP contribution is -2.29. The van der Waals surface area contributed by atoms with Crippen molar-refractivity contribution in [3.63, 3.8) is 0 Å². The first-order valence-electron chi connectivity index (χ1n) is 8.25. The van der Waals surface area contributed by atoms with Crippen LogP contribution in [0.25, 0.3) is 0 Å². The van der Waals surface area contributed by atoms with E-state index in [-0.39, 0.29) is 0 Å². The molecule has 2 heterocycles. The third-order valence-electron chi connectivity index (χ3n) is 4.05. The third kappa shape index (κ3) is 3.20. The molecule has 0 unspecified atom stereocenters. The predicted octanol–water partition coefficient (Wildman–Crippen LogP) is 3.65. The molecule has 1 aromatic carbocycles. The van der Waals surface area contributed by atoms with E-state index in [0.29, 0.717) is 6.54 Å². The molecule has 0 bridgehead atoms. The first-order chi connectivity index (χ1) is 11.2. The van der Waals surface area contributed by atoms with E-state index in [9.17, 15) is 0 Å². The fourth-order valence-electron chi connectivity index (χ4n) is 2.81. The van der Waals surface area contributed by atoms with Crippen molar-refractivity contribution in [1.82, 2.24) is 15.1 Å². The molecule has 1 aromatic heterocycles. The number of unbranched alkanes of at least 4 members (excludes halogenated alkanes) is 1. The summed E-state index contributed by atoms with van der Waals surface area (Å²) in [5.41, 5.74) is 5.11. The molecular formula is C18H22N4S. The first-order valence-corrected chi connectivity index (χ1v) is 8.66. The summed E-state index contributed by atoms with van der Waals surface area (Å²) in [6, 6.07) is 10.3. The van der Waals surface area contributed by atoms with E-state index in [1.165, 1.54) is 0 Å². The zero-order valence-electron chi connectivity index (χ0n) is 13.7. The second-order valence-corrected chi connectivity index (χ2v) is 6.08. The molecule has 0 atom stereocenters. The van der Waals surface area contributed by atoms with Gasteiger partial charge in [0.05, 0.1) is 18.0 Å². The second-order valence-electron chi connectivity index (χ2n) is 5.67. The Balaban J connectivity index is 2.10. The Hall–Kier alpha value is -2.01. The van der Waals surface area contributed by atoms with Gasteiger partial charge in [-0.15, -0.1) is 0 Å². The molecule has 120 valence electrons. The van der Waals surface area contributed by atoms with Gasteiger partial charge in [0.1, 0.15) is 16.4 Å². The molecule has 1 aliphatic heterocycles. The molecule has 3 rings (SSSR count). The average molecular weight is 326 g/mol. The molecule has 0 radical (unpaired) electrons. The van der Waals surface area contributed by atoms with Crippen molar-refractivity contribution < 1.29 is 0 Å². The molecule has 2 aromatic rings. The number of benzene rings is 1. The number of hydrogen-bond acceptors (Lipinski definition) is 3. The van der Waals surface area contributed by atoms with Gasteiger partial charge in [0, 0.05) is 6.54 Å². The highest BCUT2D eigenvalue weighted by Crippen LogP contribution is 2.29. The summed E-state index contributed by atoms with van der Waals surface area (Å²) in [7, 11) is 0. The normalized spacial score (nSPS) is 14.0. The van der Waals surface area contributed by atoms with Gasteiger partial charge < -0.3 is 5.32 Å². The number of nitrogens with one attached hydrogen (secondary N) is 1. The number of rotatable bonds is 5. The van der Waals surface area contributed by atoms with Gasteiger partial charge in [0.15, 0.2) is 0 Å². The van der Waals surface area contributed by atoms with E-state index >= 15 is 0 Å². The Morgan fingerprint density at radius 1 is 1.22 bits per heavy atom. The number of thiocarbonyl (C=S) groups is 1. The van der Waals surface area contributed by atoms with Crippen molar-refractivity contribution >= 4 is 28.6 Å². The number of hydrogen-bond donors (Lipinski definition) is 1. The summed E-state index contributed by atoms with van der Waals surface area (Å²) in [6.45, 7) is 5.73. The van der Waals surface area contributed by atoms with Crippen LogP contribution in [0.1, 0.15) is 43.6 Å². The summed E-state index contributed by atoms with van der Waals surface area (Å²) in [4.78, 5) is 5.71. The average Bonchev–Trinajstić information content (AvgIpc) is 2.84. The molecule has 0 saturated heterocycles. The van der Waals surface area contributed by atoms with Gasteiger partial charge in [-0.05, 0) is 25.3 Å². The highest BCUT2D eigenvalue weighted by atomic mass is 32.1. The topological polar surface area (TPSA) is 42.2 Å². The number of aromatic nitrogens is 2. The van der Waals surface area contributed by atoms with Crippen molar-refractivity contribution in [2.24, 2.45) is 4.99 Å². The highest BCUT2D eigenvalue weighted by molar-refractivity contribution is 7.80. The van der Waals surface area contributed by atoms with Crippen LogP contribution >= 0.6 is 12.2 Å². The van der Waals surface area contributed by atoms with Crippen molar-refractivity contribution in [2.75, 3.05) is 6.54 Å². The Labute approximate surface area is 142 Å². The van der Waals surface area contributed by atoms with Crippen molar-refractivity contribution in [3.8, 4) is 0 Å². The Morgan fingerprint density at radius 2 is 2.00 bits per heavy atom. The van der Waals surface area contributed by atoms with E-state index in [1.54, 1.807) is 0 Å². The maximum absolute atomic E-state index is 5.58. The molecule has 5 heteroatoms.